The molecule has 78 valence electrons. The minimum atomic E-state index is 0.343. The van der Waals surface area contributed by atoms with Crippen molar-refractivity contribution in [3.63, 3.8) is 0 Å². The molecule has 1 aromatic carbocycles. The van der Waals surface area contributed by atoms with E-state index in [1.54, 1.807) is 0 Å². The lowest BCUT2D eigenvalue weighted by molar-refractivity contribution is 1.33. The average Bonchev–Trinajstić information content (AvgIpc) is 2.73. The molecule has 0 saturated carbocycles. The quantitative estimate of drug-likeness (QED) is 0.649. The molecule has 0 aliphatic heterocycles. The van der Waals surface area contributed by atoms with Crippen LogP contribution in [0.15, 0.2) is 35.6 Å². The van der Waals surface area contributed by atoms with E-state index >= 15 is 0 Å². The van der Waals surface area contributed by atoms with E-state index in [1.165, 1.54) is 0 Å². The second-order valence-corrected chi connectivity index (χ2v) is 3.69. The molecule has 1 aromatic heterocycles. The van der Waals surface area contributed by atoms with Gasteiger partial charge in [-0.2, -0.15) is 9.64 Å². The van der Waals surface area contributed by atoms with Gasteiger partial charge in [0, 0.05) is 5.56 Å². The van der Waals surface area contributed by atoms with Gasteiger partial charge < -0.3 is 0 Å². The lowest BCUT2D eigenvalue weighted by Crippen LogP contribution is -1.86. The van der Waals surface area contributed by atoms with Crippen molar-refractivity contribution in [2.24, 2.45) is 5.29 Å². The van der Waals surface area contributed by atoms with Gasteiger partial charge in [0.1, 0.15) is 17.3 Å². The Kier molecular flexibility index (Phi) is 2.89. The third-order valence-electron chi connectivity index (χ3n) is 2.00. The van der Waals surface area contributed by atoms with Gasteiger partial charge >= 0.3 is 0 Å². The smallest absolute Gasteiger partial charge is 0.151 e. The van der Waals surface area contributed by atoms with E-state index < -0.39 is 0 Å². The zero-order valence-corrected chi connectivity index (χ0v) is 8.86. The summed E-state index contributed by atoms with van der Waals surface area (Å²) in [4.78, 5) is 10.1. The van der Waals surface area contributed by atoms with E-state index in [1.807, 2.05) is 36.4 Å². The van der Waals surface area contributed by atoms with E-state index in [2.05, 4.69) is 15.1 Å². The van der Waals surface area contributed by atoms with Crippen molar-refractivity contribution in [2.45, 2.75) is 0 Å². The molecule has 0 bridgehead atoms. The van der Waals surface area contributed by atoms with Crippen LogP contribution in [0, 0.1) is 16.2 Å². The van der Waals surface area contributed by atoms with Gasteiger partial charge in [0.15, 0.2) is 5.00 Å². The fourth-order valence-corrected chi connectivity index (χ4v) is 2.00. The van der Waals surface area contributed by atoms with Gasteiger partial charge in [-0.25, -0.2) is 5.43 Å². The van der Waals surface area contributed by atoms with Crippen molar-refractivity contribution in [3.8, 4) is 17.3 Å². The molecule has 1 N–H and O–H groups in total. The van der Waals surface area contributed by atoms with Gasteiger partial charge in [0.05, 0.1) is 5.29 Å². The van der Waals surface area contributed by atoms with Crippen LogP contribution in [-0.4, -0.2) is 4.37 Å². The fourth-order valence-electron chi connectivity index (χ4n) is 1.30. The van der Waals surface area contributed by atoms with Crippen molar-refractivity contribution >= 4 is 16.5 Å². The molecule has 2 aromatic rings. The molecule has 0 aliphatic rings. The molecule has 0 aliphatic carbocycles. The Bertz CT molecular complexity index is 544. The molecule has 1 heterocycles. The zero-order valence-electron chi connectivity index (χ0n) is 8.04. The summed E-state index contributed by atoms with van der Waals surface area (Å²) in [6.45, 7) is 0. The Hall–Kier alpha value is -2.26. The second-order valence-electron chi connectivity index (χ2n) is 2.92. The molecule has 16 heavy (non-hydrogen) atoms. The molecule has 0 radical (unpaired) electrons. The normalized spacial score (nSPS) is 9.44. The summed E-state index contributed by atoms with van der Waals surface area (Å²) in [6, 6.07) is 11.3. The van der Waals surface area contributed by atoms with Gasteiger partial charge in [0.2, 0.25) is 0 Å². The first-order chi connectivity index (χ1) is 7.86. The number of nitrogens with zero attached hydrogens (tertiary/aromatic N) is 3. The van der Waals surface area contributed by atoms with E-state index in [0.29, 0.717) is 16.3 Å². The van der Waals surface area contributed by atoms with Crippen LogP contribution in [0.5, 0.6) is 0 Å². The van der Waals surface area contributed by atoms with Crippen molar-refractivity contribution in [1.29, 1.82) is 5.26 Å². The number of nitrogens with one attached hydrogen (secondary N) is 1. The maximum atomic E-state index is 10.1. The number of nitriles is 1. The highest BCUT2D eigenvalue weighted by Crippen LogP contribution is 2.31. The molecule has 5 nitrogen and oxygen atoms in total. The van der Waals surface area contributed by atoms with Gasteiger partial charge in [-0.15, -0.1) is 4.91 Å². The van der Waals surface area contributed by atoms with Crippen LogP contribution < -0.4 is 5.43 Å². The molecule has 0 fully saturated rings. The minimum Gasteiger partial charge on any atom is -0.229 e. The van der Waals surface area contributed by atoms with Crippen LogP contribution in [0.2, 0.25) is 0 Å². The van der Waals surface area contributed by atoms with Crippen LogP contribution in [0.25, 0.3) is 11.3 Å². The van der Waals surface area contributed by atoms with Gasteiger partial charge in [-0.1, -0.05) is 30.3 Å². The summed E-state index contributed by atoms with van der Waals surface area (Å²) >= 11 is 1.04. The maximum absolute atomic E-state index is 10.1. The molecular formula is C10H6N4OS. The summed E-state index contributed by atoms with van der Waals surface area (Å²) in [5.41, 5.74) is 3.97. The van der Waals surface area contributed by atoms with Gasteiger partial charge in [-0.05, 0) is 11.5 Å². The standard InChI is InChI=1S/C10H6N4OS/c11-6-8-9(7-4-2-1-3-5-7)13-16-10(8)12-14-15/h1-5H,(H,12,15). The number of hydrogen-bond donors (Lipinski definition) is 1. The minimum absolute atomic E-state index is 0.343. The molecule has 0 atom stereocenters. The summed E-state index contributed by atoms with van der Waals surface area (Å²) in [5, 5.41) is 11.9. The van der Waals surface area contributed by atoms with Crippen LogP contribution >= 0.6 is 11.5 Å². The Morgan fingerprint density at radius 1 is 1.38 bits per heavy atom. The number of hydrogen-bond acceptors (Lipinski definition) is 5. The third kappa shape index (κ3) is 1.76. The molecule has 0 saturated heterocycles. The monoisotopic (exact) mass is 230 g/mol. The summed E-state index contributed by atoms with van der Waals surface area (Å²) < 4.78 is 4.13. The van der Waals surface area contributed by atoms with Gasteiger partial charge in [-0.3, -0.25) is 0 Å². The fraction of sp³-hybridized carbons (Fsp3) is 0. The van der Waals surface area contributed by atoms with Crippen LogP contribution in [-0.2, 0) is 0 Å². The molecule has 0 spiro atoms. The molecular weight excluding hydrogens is 224 g/mol. The van der Waals surface area contributed by atoms with E-state index in [4.69, 9.17) is 5.26 Å². The molecule has 0 unspecified atom stereocenters. The first kappa shape index (κ1) is 10.3. The first-order valence-corrected chi connectivity index (χ1v) is 5.17. The van der Waals surface area contributed by atoms with E-state index in [0.717, 1.165) is 17.1 Å². The van der Waals surface area contributed by atoms with Crippen LogP contribution in [0.4, 0.5) is 5.00 Å². The lowest BCUT2D eigenvalue weighted by Gasteiger charge is -1.96. The summed E-state index contributed by atoms with van der Waals surface area (Å²) in [5.74, 6) is 0. The van der Waals surface area contributed by atoms with Crippen molar-refractivity contribution in [2.75, 3.05) is 5.43 Å². The number of rotatable bonds is 3. The lowest BCUT2D eigenvalue weighted by atomic mass is 10.1. The van der Waals surface area contributed by atoms with E-state index in [-0.39, 0.29) is 0 Å². The first-order valence-electron chi connectivity index (χ1n) is 4.40. The molecule has 6 heteroatoms. The predicted octanol–water partition coefficient (Wildman–Crippen LogP) is 2.78. The van der Waals surface area contributed by atoms with Crippen molar-refractivity contribution in [1.82, 2.24) is 4.37 Å². The van der Waals surface area contributed by atoms with Gasteiger partial charge in [0.25, 0.3) is 0 Å². The topological polar surface area (TPSA) is 78.1 Å². The number of nitroso groups, excluding NO2 is 1. The molecule has 0 amide bonds. The van der Waals surface area contributed by atoms with Crippen molar-refractivity contribution < 1.29 is 0 Å². The Morgan fingerprint density at radius 3 is 2.75 bits per heavy atom. The second kappa shape index (κ2) is 4.51. The van der Waals surface area contributed by atoms with Crippen molar-refractivity contribution in [3.05, 3.63) is 40.8 Å². The summed E-state index contributed by atoms with van der Waals surface area (Å²) in [7, 11) is 0. The maximum Gasteiger partial charge on any atom is 0.151 e. The van der Waals surface area contributed by atoms with E-state index in [9.17, 15) is 4.91 Å². The Morgan fingerprint density at radius 2 is 2.12 bits per heavy atom. The third-order valence-corrected chi connectivity index (χ3v) is 2.75. The Balaban J connectivity index is 2.51. The highest BCUT2D eigenvalue weighted by molar-refractivity contribution is 7.10. The predicted molar refractivity (Wildman–Crippen MR) is 61.7 cm³/mol. The molecule has 2 rings (SSSR count). The number of aromatic nitrogens is 1. The highest BCUT2D eigenvalue weighted by Gasteiger charge is 2.14. The number of anilines is 1. The average molecular weight is 230 g/mol. The Labute approximate surface area is 95.5 Å². The highest BCUT2D eigenvalue weighted by atomic mass is 32.1. The van der Waals surface area contributed by atoms with Crippen LogP contribution in [0.1, 0.15) is 5.56 Å². The SMILES string of the molecule is N#Cc1c(-c2ccccc2)nsc1NN=O. The number of benzene rings is 1. The zero-order chi connectivity index (χ0) is 11.4. The largest absolute Gasteiger partial charge is 0.229 e. The summed E-state index contributed by atoms with van der Waals surface area (Å²) in [6.07, 6.45) is 0. The van der Waals surface area contributed by atoms with Crippen LogP contribution in [0.3, 0.4) is 0 Å².